The van der Waals surface area contributed by atoms with Crippen LogP contribution in [0.15, 0.2) is 53.2 Å². The van der Waals surface area contributed by atoms with Gasteiger partial charge in [0, 0.05) is 30.2 Å². The Morgan fingerprint density at radius 3 is 2.75 bits per heavy atom. The SMILES string of the molecule is Cc1ccc2c(oc3ncccc32)c1N1CN(C)c2cccnc21. The van der Waals surface area contributed by atoms with Crippen molar-refractivity contribution in [2.45, 2.75) is 6.92 Å². The molecule has 0 saturated heterocycles. The molecule has 1 aliphatic rings. The monoisotopic (exact) mass is 316 g/mol. The number of aryl methyl sites for hydroxylation is 1. The zero-order valence-electron chi connectivity index (χ0n) is 13.5. The molecule has 0 radical (unpaired) electrons. The Kier molecular flexibility index (Phi) is 2.62. The molecule has 5 rings (SSSR count). The van der Waals surface area contributed by atoms with Crippen molar-refractivity contribution in [3.05, 3.63) is 54.4 Å². The molecule has 0 aliphatic carbocycles. The number of furan rings is 1. The zero-order chi connectivity index (χ0) is 16.3. The maximum atomic E-state index is 6.13. The first-order chi connectivity index (χ1) is 11.7. The van der Waals surface area contributed by atoms with Crippen LogP contribution in [0.4, 0.5) is 17.2 Å². The van der Waals surface area contributed by atoms with Gasteiger partial charge >= 0.3 is 0 Å². The second kappa shape index (κ2) is 4.71. The maximum Gasteiger partial charge on any atom is 0.227 e. The van der Waals surface area contributed by atoms with Gasteiger partial charge < -0.3 is 14.2 Å². The summed E-state index contributed by atoms with van der Waals surface area (Å²) in [7, 11) is 2.08. The van der Waals surface area contributed by atoms with E-state index in [1.807, 2.05) is 18.3 Å². The fourth-order valence-corrected chi connectivity index (χ4v) is 3.52. The smallest absolute Gasteiger partial charge is 0.227 e. The molecule has 5 heteroatoms. The Morgan fingerprint density at radius 1 is 1.00 bits per heavy atom. The van der Waals surface area contributed by atoms with Crippen molar-refractivity contribution in [2.75, 3.05) is 23.5 Å². The van der Waals surface area contributed by atoms with E-state index in [1.54, 1.807) is 6.20 Å². The van der Waals surface area contributed by atoms with Gasteiger partial charge in [-0.2, -0.15) is 0 Å². The van der Waals surface area contributed by atoms with Crippen molar-refractivity contribution in [1.82, 2.24) is 9.97 Å². The fraction of sp³-hybridized carbons (Fsp3) is 0.158. The van der Waals surface area contributed by atoms with Crippen molar-refractivity contribution in [3.63, 3.8) is 0 Å². The molecule has 1 aromatic carbocycles. The Balaban J connectivity index is 1.83. The van der Waals surface area contributed by atoms with E-state index in [0.717, 1.165) is 45.8 Å². The summed E-state index contributed by atoms with van der Waals surface area (Å²) in [5.74, 6) is 0.962. The van der Waals surface area contributed by atoms with Crippen LogP contribution in [0.1, 0.15) is 5.56 Å². The van der Waals surface area contributed by atoms with Crippen LogP contribution in [0.2, 0.25) is 0 Å². The van der Waals surface area contributed by atoms with Crippen molar-refractivity contribution in [3.8, 4) is 0 Å². The van der Waals surface area contributed by atoms with Gasteiger partial charge in [0.15, 0.2) is 11.4 Å². The molecule has 0 unspecified atom stereocenters. The molecule has 4 heterocycles. The quantitative estimate of drug-likeness (QED) is 0.526. The molecule has 0 atom stereocenters. The number of aromatic nitrogens is 2. The van der Waals surface area contributed by atoms with Gasteiger partial charge in [-0.05, 0) is 36.8 Å². The van der Waals surface area contributed by atoms with Crippen molar-refractivity contribution >= 4 is 39.3 Å². The summed E-state index contributed by atoms with van der Waals surface area (Å²) in [5.41, 5.74) is 4.90. The third-order valence-corrected chi connectivity index (χ3v) is 4.65. The molecule has 0 bridgehead atoms. The normalized spacial score (nSPS) is 13.9. The Bertz CT molecular complexity index is 1090. The third kappa shape index (κ3) is 1.69. The van der Waals surface area contributed by atoms with Gasteiger partial charge in [-0.15, -0.1) is 0 Å². The molecule has 0 amide bonds. The summed E-state index contributed by atoms with van der Waals surface area (Å²) >= 11 is 0. The van der Waals surface area contributed by atoms with Crippen LogP contribution >= 0.6 is 0 Å². The van der Waals surface area contributed by atoms with Gasteiger partial charge in [-0.3, -0.25) is 0 Å². The number of hydrogen-bond acceptors (Lipinski definition) is 5. The first-order valence-corrected chi connectivity index (χ1v) is 7.94. The highest BCUT2D eigenvalue weighted by Gasteiger charge is 2.29. The average Bonchev–Trinajstić information content (AvgIpc) is 3.13. The summed E-state index contributed by atoms with van der Waals surface area (Å²) in [6.07, 6.45) is 3.60. The van der Waals surface area contributed by atoms with Crippen LogP contribution in [0, 0.1) is 6.92 Å². The maximum absolute atomic E-state index is 6.13. The number of benzene rings is 1. The predicted octanol–water partition coefficient (Wildman–Crippen LogP) is 4.23. The Labute approximate surface area is 139 Å². The number of fused-ring (bicyclic) bond motifs is 4. The highest BCUT2D eigenvalue weighted by molar-refractivity contribution is 6.09. The van der Waals surface area contributed by atoms with Gasteiger partial charge in [-0.25, -0.2) is 9.97 Å². The molecule has 5 nitrogen and oxygen atoms in total. The lowest BCUT2D eigenvalue weighted by Gasteiger charge is -2.20. The van der Waals surface area contributed by atoms with Gasteiger partial charge in [-0.1, -0.05) is 12.1 Å². The zero-order valence-corrected chi connectivity index (χ0v) is 13.5. The fourth-order valence-electron chi connectivity index (χ4n) is 3.52. The number of anilines is 3. The minimum Gasteiger partial charge on any atom is -0.435 e. The van der Waals surface area contributed by atoms with E-state index in [2.05, 4.69) is 58.0 Å². The number of nitrogens with zero attached hydrogens (tertiary/aromatic N) is 4. The van der Waals surface area contributed by atoms with E-state index < -0.39 is 0 Å². The molecule has 4 aromatic rings. The lowest BCUT2D eigenvalue weighted by molar-refractivity contribution is 0.653. The highest BCUT2D eigenvalue weighted by Crippen LogP contribution is 2.44. The van der Waals surface area contributed by atoms with Crippen LogP contribution in [0.25, 0.3) is 22.1 Å². The van der Waals surface area contributed by atoms with E-state index in [-0.39, 0.29) is 0 Å². The van der Waals surface area contributed by atoms with E-state index in [0.29, 0.717) is 5.71 Å². The minimum absolute atomic E-state index is 0.674. The second-order valence-corrected chi connectivity index (χ2v) is 6.18. The summed E-state index contributed by atoms with van der Waals surface area (Å²) < 4.78 is 6.13. The number of rotatable bonds is 1. The standard InChI is InChI=1S/C19H16N4O/c1-12-7-8-13-14-5-3-10-21-19(14)24-17(13)16(12)23-11-22(2)15-6-4-9-20-18(15)23/h3-10H,11H2,1-2H3. The molecule has 0 saturated carbocycles. The molecule has 24 heavy (non-hydrogen) atoms. The lowest BCUT2D eigenvalue weighted by Crippen LogP contribution is -2.24. The molecule has 0 N–H and O–H groups in total. The average molecular weight is 316 g/mol. The summed E-state index contributed by atoms with van der Waals surface area (Å²) in [4.78, 5) is 13.4. The summed E-state index contributed by atoms with van der Waals surface area (Å²) in [6.45, 7) is 2.85. The molecule has 3 aromatic heterocycles. The van der Waals surface area contributed by atoms with Crippen LogP contribution in [0.5, 0.6) is 0 Å². The van der Waals surface area contributed by atoms with Crippen molar-refractivity contribution in [1.29, 1.82) is 0 Å². The van der Waals surface area contributed by atoms with E-state index in [9.17, 15) is 0 Å². The topological polar surface area (TPSA) is 45.4 Å². The van der Waals surface area contributed by atoms with Crippen LogP contribution in [-0.4, -0.2) is 23.7 Å². The van der Waals surface area contributed by atoms with Crippen molar-refractivity contribution < 1.29 is 4.42 Å². The molecular weight excluding hydrogens is 300 g/mol. The van der Waals surface area contributed by atoms with Gasteiger partial charge in [0.25, 0.3) is 0 Å². The molecular formula is C19H16N4O. The Morgan fingerprint density at radius 2 is 1.83 bits per heavy atom. The van der Waals surface area contributed by atoms with Gasteiger partial charge in [0.05, 0.1) is 18.0 Å². The van der Waals surface area contributed by atoms with E-state index >= 15 is 0 Å². The highest BCUT2D eigenvalue weighted by atomic mass is 16.3. The minimum atomic E-state index is 0.674. The summed E-state index contributed by atoms with van der Waals surface area (Å²) in [5, 5.41) is 2.13. The first kappa shape index (κ1) is 13.4. The summed E-state index contributed by atoms with van der Waals surface area (Å²) in [6, 6.07) is 12.3. The Hall–Kier alpha value is -3.08. The molecule has 1 aliphatic heterocycles. The van der Waals surface area contributed by atoms with E-state index in [4.69, 9.17) is 4.42 Å². The van der Waals surface area contributed by atoms with Crippen LogP contribution in [-0.2, 0) is 0 Å². The van der Waals surface area contributed by atoms with Crippen LogP contribution < -0.4 is 9.80 Å². The molecule has 0 spiro atoms. The molecule has 118 valence electrons. The van der Waals surface area contributed by atoms with Crippen molar-refractivity contribution in [2.24, 2.45) is 0 Å². The number of hydrogen-bond donors (Lipinski definition) is 0. The predicted molar refractivity (Wildman–Crippen MR) is 95.9 cm³/mol. The van der Waals surface area contributed by atoms with Crippen LogP contribution in [0.3, 0.4) is 0 Å². The van der Waals surface area contributed by atoms with E-state index in [1.165, 1.54) is 0 Å². The van der Waals surface area contributed by atoms with Gasteiger partial charge in [0.2, 0.25) is 5.71 Å². The largest absolute Gasteiger partial charge is 0.435 e. The third-order valence-electron chi connectivity index (χ3n) is 4.65. The first-order valence-electron chi connectivity index (χ1n) is 7.94. The molecule has 0 fully saturated rings. The number of pyridine rings is 2. The second-order valence-electron chi connectivity index (χ2n) is 6.18. The van der Waals surface area contributed by atoms with Gasteiger partial charge in [0.1, 0.15) is 0 Å². The lowest BCUT2D eigenvalue weighted by atomic mass is 10.1.